The Hall–Kier alpha value is -7.02. The van der Waals surface area contributed by atoms with Crippen molar-refractivity contribution in [2.45, 2.75) is 63.2 Å². The topological polar surface area (TPSA) is 0 Å². The van der Waals surface area contributed by atoms with E-state index in [1.165, 1.54) is 130 Å². The lowest BCUT2D eigenvalue weighted by Gasteiger charge is -2.57. The van der Waals surface area contributed by atoms with Gasteiger partial charge in [0.25, 0.3) is 0 Å². The first-order valence-corrected chi connectivity index (χ1v) is 23.8. The molecule has 0 spiro atoms. The second kappa shape index (κ2) is 13.3. The molecule has 0 N–H and O–H groups in total. The van der Waals surface area contributed by atoms with E-state index in [-0.39, 0.29) is 10.8 Å². The van der Waals surface area contributed by atoms with Crippen LogP contribution in [-0.4, -0.2) is 0 Å². The summed E-state index contributed by atoms with van der Waals surface area (Å²) >= 11 is 0. The zero-order chi connectivity index (χ0) is 42.3. The highest BCUT2D eigenvalue weighted by Gasteiger charge is 2.58. The highest BCUT2D eigenvalue weighted by atomic mass is 14.6. The fourth-order valence-electron chi connectivity index (χ4n) is 13.5. The quantitative estimate of drug-likeness (QED) is 0.147. The summed E-state index contributed by atoms with van der Waals surface area (Å²) in [6.45, 7) is 4.77. The molecular weight excluding hydrogens is 769 g/mol. The Balaban J connectivity index is 1.25. The Kier molecular flexibility index (Phi) is 7.55. The van der Waals surface area contributed by atoms with E-state index < -0.39 is 0 Å². The Bertz CT molecular complexity index is 3330. The SMILES string of the molecule is CCCCC12c3cc4c5ccccc5c5ccccc5c4cc3C(CCCC)(c3cc4c5ccccc5c5ccccc5c4cc31)c1cc3c4ccccc4c4ccccc4c3cc12. The van der Waals surface area contributed by atoms with Crippen molar-refractivity contribution in [1.82, 2.24) is 0 Å². The van der Waals surface area contributed by atoms with Gasteiger partial charge in [0, 0.05) is 10.8 Å². The van der Waals surface area contributed by atoms with Crippen LogP contribution in [0.15, 0.2) is 182 Å². The second-order valence-corrected chi connectivity index (χ2v) is 19.1. The van der Waals surface area contributed by atoms with Gasteiger partial charge >= 0.3 is 0 Å². The van der Waals surface area contributed by atoms with Crippen LogP contribution in [0, 0.1) is 0 Å². The number of rotatable bonds is 6. The molecule has 0 fully saturated rings. The lowest BCUT2D eigenvalue weighted by Crippen LogP contribution is -2.51. The second-order valence-electron chi connectivity index (χ2n) is 19.1. The first kappa shape index (κ1) is 36.5. The van der Waals surface area contributed by atoms with Gasteiger partial charge in [-0.1, -0.05) is 185 Å². The largest absolute Gasteiger partial charge is 0.0654 e. The summed E-state index contributed by atoms with van der Waals surface area (Å²) in [6.07, 6.45) is 6.61. The van der Waals surface area contributed by atoms with E-state index in [1.807, 2.05) is 0 Å². The van der Waals surface area contributed by atoms with Gasteiger partial charge in [-0.05, 0) is 180 Å². The van der Waals surface area contributed by atoms with Crippen molar-refractivity contribution in [1.29, 1.82) is 0 Å². The van der Waals surface area contributed by atoms with Gasteiger partial charge in [0.05, 0.1) is 0 Å². The summed E-state index contributed by atoms with van der Waals surface area (Å²) in [7, 11) is 0. The number of benzene rings is 12. The highest BCUT2D eigenvalue weighted by molar-refractivity contribution is 6.28. The molecule has 304 valence electrons. The molecule has 64 heavy (non-hydrogen) atoms. The lowest BCUT2D eigenvalue weighted by molar-refractivity contribution is 0.406. The summed E-state index contributed by atoms with van der Waals surface area (Å²) in [5, 5.41) is 24.4. The van der Waals surface area contributed by atoms with E-state index in [2.05, 4.69) is 196 Å². The van der Waals surface area contributed by atoms with Crippen molar-refractivity contribution in [3.63, 3.8) is 0 Å². The molecule has 0 nitrogen and oxygen atoms in total. The van der Waals surface area contributed by atoms with Gasteiger partial charge in [0.1, 0.15) is 0 Å². The Morgan fingerprint density at radius 2 is 0.391 bits per heavy atom. The van der Waals surface area contributed by atoms with Gasteiger partial charge in [-0.2, -0.15) is 0 Å². The summed E-state index contributed by atoms with van der Waals surface area (Å²) < 4.78 is 0. The third-order valence-electron chi connectivity index (χ3n) is 16.2. The van der Waals surface area contributed by atoms with E-state index in [1.54, 1.807) is 0 Å². The fraction of sp³-hybridized carbons (Fsp3) is 0.156. The first-order valence-electron chi connectivity index (χ1n) is 23.8. The van der Waals surface area contributed by atoms with E-state index in [0.717, 1.165) is 38.5 Å². The Labute approximate surface area is 373 Å². The Morgan fingerprint density at radius 3 is 0.547 bits per heavy atom. The molecule has 3 aliphatic carbocycles. The van der Waals surface area contributed by atoms with Crippen LogP contribution in [0.2, 0.25) is 0 Å². The molecule has 0 heterocycles. The van der Waals surface area contributed by atoms with Gasteiger partial charge in [-0.3, -0.25) is 0 Å². The van der Waals surface area contributed by atoms with Crippen molar-refractivity contribution in [2.75, 3.05) is 0 Å². The first-order chi connectivity index (χ1) is 31.7. The number of hydrogen-bond donors (Lipinski definition) is 0. The lowest BCUT2D eigenvalue weighted by atomic mass is 9.44. The van der Waals surface area contributed by atoms with Gasteiger partial charge in [-0.25, -0.2) is 0 Å². The molecule has 0 saturated heterocycles. The van der Waals surface area contributed by atoms with Gasteiger partial charge in [0.15, 0.2) is 0 Å². The van der Waals surface area contributed by atoms with E-state index in [9.17, 15) is 0 Å². The highest BCUT2D eigenvalue weighted by Crippen LogP contribution is 2.67. The van der Waals surface area contributed by atoms with Crippen LogP contribution in [-0.2, 0) is 10.8 Å². The summed E-state index contributed by atoms with van der Waals surface area (Å²) in [4.78, 5) is 0. The van der Waals surface area contributed by atoms with Gasteiger partial charge in [0.2, 0.25) is 0 Å². The molecule has 12 aromatic rings. The summed E-state index contributed by atoms with van der Waals surface area (Å²) in [5.41, 5.74) is 8.42. The van der Waals surface area contributed by atoms with E-state index in [0.29, 0.717) is 0 Å². The molecule has 2 bridgehead atoms. The molecule has 0 aliphatic heterocycles. The third kappa shape index (κ3) is 4.49. The molecule has 0 heteroatoms. The average molecular weight is 817 g/mol. The maximum atomic E-state index is 2.72. The summed E-state index contributed by atoms with van der Waals surface area (Å²) in [5.74, 6) is 0. The van der Waals surface area contributed by atoms with Crippen molar-refractivity contribution in [3.05, 3.63) is 215 Å². The Morgan fingerprint density at radius 1 is 0.234 bits per heavy atom. The smallest absolute Gasteiger partial charge is 0.0461 e. The third-order valence-corrected chi connectivity index (χ3v) is 16.2. The minimum Gasteiger partial charge on any atom is -0.0654 e. The molecule has 0 saturated carbocycles. The van der Waals surface area contributed by atoms with Crippen molar-refractivity contribution >= 4 is 97.0 Å². The predicted octanol–water partition coefficient (Wildman–Crippen LogP) is 17.7. The van der Waals surface area contributed by atoms with Crippen molar-refractivity contribution in [3.8, 4) is 0 Å². The minimum atomic E-state index is -0.368. The molecule has 15 rings (SSSR count). The minimum absolute atomic E-state index is 0.368. The standard InChI is InChI=1S/C64H48/c1-3-5-31-63-57-33-51-45-25-13-7-19-39(45)42-22-10-16-28-48(42)54(51)36-60(57)64(32-6-4-2,61-37-55-49-29-17-11-23-43(49)40-20-8-14-26-46(40)52(55)34-58(61)63)62-38-56-50-30-18-12-24-44(50)41-21-9-15-27-47(41)53(56)35-59(62)63/h7-30,33-38H,3-6,31-32H2,1-2H3. The molecule has 3 aliphatic rings. The number of unbranched alkanes of at least 4 members (excludes halogenated alkanes) is 2. The van der Waals surface area contributed by atoms with Crippen LogP contribution in [0.25, 0.3) is 97.0 Å². The molecule has 0 radical (unpaired) electrons. The zero-order valence-electron chi connectivity index (χ0n) is 36.6. The molecule has 12 aromatic carbocycles. The van der Waals surface area contributed by atoms with Crippen LogP contribution < -0.4 is 0 Å². The average Bonchev–Trinajstić information content (AvgIpc) is 3.36. The maximum Gasteiger partial charge on any atom is 0.0461 e. The van der Waals surface area contributed by atoms with Gasteiger partial charge in [-0.15, -0.1) is 0 Å². The molecule has 0 amide bonds. The number of fused-ring (bicyclic) bond motifs is 18. The van der Waals surface area contributed by atoms with E-state index in [4.69, 9.17) is 0 Å². The molecule has 0 unspecified atom stereocenters. The number of hydrogen-bond acceptors (Lipinski definition) is 0. The zero-order valence-corrected chi connectivity index (χ0v) is 36.6. The maximum absolute atomic E-state index is 2.72. The van der Waals surface area contributed by atoms with Crippen molar-refractivity contribution in [2.24, 2.45) is 0 Å². The van der Waals surface area contributed by atoms with Crippen LogP contribution >= 0.6 is 0 Å². The van der Waals surface area contributed by atoms with Crippen LogP contribution in [0.4, 0.5) is 0 Å². The molecule has 0 atom stereocenters. The molecule has 0 aromatic heterocycles. The predicted molar refractivity (Wildman–Crippen MR) is 276 cm³/mol. The monoisotopic (exact) mass is 816 g/mol. The van der Waals surface area contributed by atoms with Crippen LogP contribution in [0.5, 0.6) is 0 Å². The van der Waals surface area contributed by atoms with Crippen LogP contribution in [0.1, 0.15) is 85.8 Å². The van der Waals surface area contributed by atoms with E-state index >= 15 is 0 Å². The van der Waals surface area contributed by atoms with Gasteiger partial charge < -0.3 is 0 Å². The summed E-state index contributed by atoms with van der Waals surface area (Å²) in [6, 6.07) is 71.3. The normalized spacial score (nSPS) is 17.7. The fourth-order valence-corrected chi connectivity index (χ4v) is 13.5. The molecular formula is C64H48. The van der Waals surface area contributed by atoms with Crippen LogP contribution in [0.3, 0.4) is 0 Å². The van der Waals surface area contributed by atoms with Crippen molar-refractivity contribution < 1.29 is 0 Å².